The van der Waals surface area contributed by atoms with Gasteiger partial charge in [0.05, 0.1) is 5.52 Å². The molecule has 0 aliphatic heterocycles. The van der Waals surface area contributed by atoms with Crippen LogP contribution < -0.4 is 11.2 Å². The van der Waals surface area contributed by atoms with Crippen LogP contribution in [0.1, 0.15) is 5.69 Å². The van der Waals surface area contributed by atoms with Crippen LogP contribution in [0.4, 0.5) is 0 Å². The molecule has 0 unspecified atom stereocenters. The van der Waals surface area contributed by atoms with Crippen molar-refractivity contribution < 1.29 is 0 Å². The van der Waals surface area contributed by atoms with E-state index < -0.39 is 5.69 Å². The number of fused-ring (bicyclic) bond motifs is 3. The zero-order valence-corrected chi connectivity index (χ0v) is 9.14. The highest BCUT2D eigenvalue weighted by molar-refractivity contribution is 7.25. The van der Waals surface area contributed by atoms with Gasteiger partial charge in [-0.3, -0.25) is 9.78 Å². The van der Waals surface area contributed by atoms with Crippen molar-refractivity contribution in [2.75, 3.05) is 0 Å². The molecule has 2 N–H and O–H groups in total. The lowest BCUT2D eigenvalue weighted by atomic mass is 10.3. The van der Waals surface area contributed by atoms with Crippen LogP contribution >= 0.6 is 11.3 Å². The minimum Gasteiger partial charge on any atom is -0.305 e. The lowest BCUT2D eigenvalue weighted by Gasteiger charge is -1.91. The van der Waals surface area contributed by atoms with Gasteiger partial charge in [-0.15, -0.1) is 11.3 Å². The molecule has 0 aromatic carbocycles. The summed E-state index contributed by atoms with van der Waals surface area (Å²) in [6.07, 6.45) is 0. The molecule has 0 amide bonds. The van der Waals surface area contributed by atoms with Crippen LogP contribution in [0.2, 0.25) is 0 Å². The van der Waals surface area contributed by atoms with E-state index >= 15 is 0 Å². The van der Waals surface area contributed by atoms with Crippen molar-refractivity contribution in [3.63, 3.8) is 0 Å². The van der Waals surface area contributed by atoms with Gasteiger partial charge in [-0.1, -0.05) is 0 Å². The Morgan fingerprint density at radius 2 is 2.06 bits per heavy atom. The Hall–Kier alpha value is -1.95. The number of nitrogens with one attached hydrogen (secondary N) is 2. The number of aromatic amines is 2. The van der Waals surface area contributed by atoms with Gasteiger partial charge >= 0.3 is 5.69 Å². The number of aromatic nitrogens is 3. The van der Waals surface area contributed by atoms with Crippen molar-refractivity contribution in [2.24, 2.45) is 0 Å². The highest BCUT2D eigenvalue weighted by Crippen LogP contribution is 2.27. The molecule has 3 aromatic heterocycles. The third-order valence-corrected chi connectivity index (χ3v) is 3.46. The molecule has 3 heterocycles. The van der Waals surface area contributed by atoms with E-state index in [1.807, 2.05) is 19.1 Å². The average Bonchev–Trinajstić information content (AvgIpc) is 2.56. The van der Waals surface area contributed by atoms with E-state index in [2.05, 4.69) is 15.0 Å². The van der Waals surface area contributed by atoms with Crippen LogP contribution in [0.15, 0.2) is 21.7 Å². The van der Waals surface area contributed by atoms with Gasteiger partial charge in [0, 0.05) is 11.1 Å². The summed E-state index contributed by atoms with van der Waals surface area (Å²) in [5.74, 6) is 0. The first kappa shape index (κ1) is 9.29. The normalized spacial score (nSPS) is 11.3. The van der Waals surface area contributed by atoms with E-state index in [1.165, 1.54) is 11.3 Å². The third-order valence-electron chi connectivity index (χ3n) is 2.37. The molecule has 0 fully saturated rings. The minimum absolute atomic E-state index is 0.362. The number of pyridine rings is 1. The second-order valence-electron chi connectivity index (χ2n) is 3.52. The van der Waals surface area contributed by atoms with Gasteiger partial charge in [-0.25, -0.2) is 9.78 Å². The maximum atomic E-state index is 11.6. The van der Waals surface area contributed by atoms with Crippen LogP contribution in [0.5, 0.6) is 0 Å². The second-order valence-corrected chi connectivity index (χ2v) is 4.52. The quantitative estimate of drug-likeness (QED) is 0.611. The van der Waals surface area contributed by atoms with Crippen molar-refractivity contribution in [1.82, 2.24) is 15.0 Å². The summed E-state index contributed by atoms with van der Waals surface area (Å²) in [7, 11) is 0. The smallest absolute Gasteiger partial charge is 0.305 e. The van der Waals surface area contributed by atoms with Crippen molar-refractivity contribution in [3.05, 3.63) is 38.7 Å². The number of aryl methyl sites for hydroxylation is 1. The molecule has 0 aliphatic rings. The predicted molar refractivity (Wildman–Crippen MR) is 63.1 cm³/mol. The Balaban J connectivity index is 2.66. The van der Waals surface area contributed by atoms with Crippen LogP contribution in [0.25, 0.3) is 20.4 Å². The van der Waals surface area contributed by atoms with E-state index in [0.29, 0.717) is 10.2 Å². The number of H-pyrrole nitrogens is 2. The lowest BCUT2D eigenvalue weighted by Crippen LogP contribution is -2.20. The lowest BCUT2D eigenvalue weighted by molar-refractivity contribution is 1.09. The fourth-order valence-electron chi connectivity index (χ4n) is 1.66. The van der Waals surface area contributed by atoms with Gasteiger partial charge in [0.1, 0.15) is 9.53 Å². The molecule has 16 heavy (non-hydrogen) atoms. The molecule has 3 rings (SSSR count). The highest BCUT2D eigenvalue weighted by Gasteiger charge is 2.10. The first-order valence-electron chi connectivity index (χ1n) is 4.67. The second kappa shape index (κ2) is 3.02. The fraction of sp³-hybridized carbons (Fsp3) is 0.100. The van der Waals surface area contributed by atoms with E-state index in [9.17, 15) is 9.59 Å². The van der Waals surface area contributed by atoms with Gasteiger partial charge in [0.2, 0.25) is 0 Å². The van der Waals surface area contributed by atoms with Crippen molar-refractivity contribution in [1.29, 1.82) is 0 Å². The first-order chi connectivity index (χ1) is 7.65. The summed E-state index contributed by atoms with van der Waals surface area (Å²) in [4.78, 5) is 32.7. The van der Waals surface area contributed by atoms with Gasteiger partial charge in [-0.2, -0.15) is 0 Å². The molecule has 80 valence electrons. The molecular formula is C10H7N3O2S. The Bertz CT molecular complexity index is 812. The topological polar surface area (TPSA) is 78.6 Å². The van der Waals surface area contributed by atoms with Crippen LogP contribution in [-0.2, 0) is 0 Å². The van der Waals surface area contributed by atoms with Crippen LogP contribution in [0.3, 0.4) is 0 Å². The molecule has 5 nitrogen and oxygen atoms in total. The maximum absolute atomic E-state index is 11.6. The van der Waals surface area contributed by atoms with Crippen LogP contribution in [0, 0.1) is 6.92 Å². The zero-order chi connectivity index (χ0) is 11.3. The fourth-order valence-corrected chi connectivity index (χ4v) is 2.73. The monoisotopic (exact) mass is 233 g/mol. The minimum atomic E-state index is -0.488. The summed E-state index contributed by atoms with van der Waals surface area (Å²) < 4.78 is 0.507. The SMILES string of the molecule is Cc1ccc2c(n1)sc1c(=O)[nH]c(=O)[nH]c12. The van der Waals surface area contributed by atoms with E-state index in [4.69, 9.17) is 0 Å². The summed E-state index contributed by atoms with van der Waals surface area (Å²) >= 11 is 1.29. The first-order valence-corrected chi connectivity index (χ1v) is 5.49. The highest BCUT2D eigenvalue weighted by atomic mass is 32.1. The number of hydrogen-bond donors (Lipinski definition) is 2. The van der Waals surface area contributed by atoms with Crippen molar-refractivity contribution in [3.8, 4) is 0 Å². The Morgan fingerprint density at radius 3 is 2.88 bits per heavy atom. The van der Waals surface area contributed by atoms with Crippen LogP contribution in [-0.4, -0.2) is 15.0 Å². The third kappa shape index (κ3) is 1.20. The number of thiophene rings is 1. The number of hydrogen-bond acceptors (Lipinski definition) is 4. The van der Waals surface area contributed by atoms with Gasteiger partial charge in [0.15, 0.2) is 0 Å². The standard InChI is InChI=1S/C10H7N3O2S/c1-4-2-3-5-6-7(16-9(5)11-4)8(14)13-10(15)12-6/h2-3H,1H3,(H2,12,13,14,15). The Labute approximate surface area is 92.8 Å². The van der Waals surface area contributed by atoms with Gasteiger partial charge in [0.25, 0.3) is 5.56 Å². The van der Waals surface area contributed by atoms with Crippen molar-refractivity contribution in [2.45, 2.75) is 6.92 Å². The molecular weight excluding hydrogens is 226 g/mol. The summed E-state index contributed by atoms with van der Waals surface area (Å²) in [5, 5.41) is 0.814. The molecule has 0 saturated heterocycles. The number of rotatable bonds is 0. The molecule has 0 radical (unpaired) electrons. The molecule has 6 heteroatoms. The number of nitrogens with zero attached hydrogens (tertiary/aromatic N) is 1. The Kier molecular flexibility index (Phi) is 1.75. The molecule has 0 atom stereocenters. The van der Waals surface area contributed by atoms with E-state index in [0.717, 1.165) is 15.9 Å². The zero-order valence-electron chi connectivity index (χ0n) is 8.33. The molecule has 0 saturated carbocycles. The van der Waals surface area contributed by atoms with E-state index in [1.54, 1.807) is 0 Å². The summed E-state index contributed by atoms with van der Waals surface area (Å²) in [6.45, 7) is 1.89. The Morgan fingerprint density at radius 1 is 1.25 bits per heavy atom. The molecule has 0 aliphatic carbocycles. The summed E-state index contributed by atoms with van der Waals surface area (Å²) in [5.41, 5.74) is 0.608. The molecule has 0 bridgehead atoms. The average molecular weight is 233 g/mol. The maximum Gasteiger partial charge on any atom is 0.326 e. The van der Waals surface area contributed by atoms with E-state index in [-0.39, 0.29) is 5.56 Å². The largest absolute Gasteiger partial charge is 0.326 e. The molecule has 0 spiro atoms. The summed E-state index contributed by atoms with van der Waals surface area (Å²) in [6, 6.07) is 3.72. The van der Waals surface area contributed by atoms with Gasteiger partial charge < -0.3 is 4.98 Å². The van der Waals surface area contributed by atoms with Gasteiger partial charge in [-0.05, 0) is 19.1 Å². The predicted octanol–water partition coefficient (Wildman–Crippen LogP) is 1.13. The molecule has 3 aromatic rings. The van der Waals surface area contributed by atoms with Crippen molar-refractivity contribution >= 4 is 31.8 Å².